The summed E-state index contributed by atoms with van der Waals surface area (Å²) < 4.78 is 46.8. The predicted octanol–water partition coefficient (Wildman–Crippen LogP) is 4.66. The molecule has 3 aromatic carbocycles. The van der Waals surface area contributed by atoms with E-state index in [-0.39, 0.29) is 26.9 Å². The number of sulfonamides is 1. The number of para-hydroxylation sites is 3. The highest BCUT2D eigenvalue weighted by atomic mass is 35.5. The van der Waals surface area contributed by atoms with Crippen molar-refractivity contribution < 1.29 is 22.3 Å². The summed E-state index contributed by atoms with van der Waals surface area (Å²) in [5.41, 5.74) is 0.287. The third-order valence-electron chi connectivity index (χ3n) is 4.46. The normalized spacial score (nSPS) is 12.9. The highest BCUT2D eigenvalue weighted by molar-refractivity contribution is 7.93. The number of carbonyl (C=O) groups is 1. The van der Waals surface area contributed by atoms with Crippen molar-refractivity contribution in [2.24, 2.45) is 0 Å². The van der Waals surface area contributed by atoms with Crippen molar-refractivity contribution in [3.8, 4) is 11.5 Å². The Balaban J connectivity index is 1.82. The van der Waals surface area contributed by atoms with E-state index in [1.54, 1.807) is 24.3 Å². The zero-order chi connectivity index (χ0) is 20.8. The average molecular weight is 433 g/mol. The van der Waals surface area contributed by atoms with Gasteiger partial charge in [0.1, 0.15) is 16.5 Å². The van der Waals surface area contributed by atoms with Crippen molar-refractivity contribution in [1.82, 2.24) is 0 Å². The van der Waals surface area contributed by atoms with Gasteiger partial charge in [0.25, 0.3) is 15.9 Å². The van der Waals surface area contributed by atoms with E-state index in [1.807, 2.05) is 0 Å². The van der Waals surface area contributed by atoms with Crippen LogP contribution >= 0.6 is 11.6 Å². The van der Waals surface area contributed by atoms with Gasteiger partial charge < -0.3 is 10.1 Å². The van der Waals surface area contributed by atoms with Crippen LogP contribution in [0.25, 0.3) is 0 Å². The van der Waals surface area contributed by atoms with Crippen molar-refractivity contribution in [3.63, 3.8) is 0 Å². The van der Waals surface area contributed by atoms with Crippen LogP contribution in [-0.2, 0) is 10.0 Å². The van der Waals surface area contributed by atoms with E-state index in [9.17, 15) is 17.6 Å². The SMILES string of the molecule is CN(c1ccccc1F)S(=O)(=O)c1cc2c(cc1Cl)Oc1ccccc1NC2=O. The molecule has 0 saturated carbocycles. The number of ether oxygens (including phenoxy) is 1. The minimum absolute atomic E-state index is 0.00823. The number of fused-ring (bicyclic) bond motifs is 2. The first-order chi connectivity index (χ1) is 13.8. The van der Waals surface area contributed by atoms with Gasteiger partial charge in [0.2, 0.25) is 0 Å². The number of amides is 1. The van der Waals surface area contributed by atoms with Crippen molar-refractivity contribution in [3.05, 3.63) is 77.1 Å². The standard InChI is InChI=1S/C20H14ClFN2O4S/c1-24(16-8-4-2-6-14(16)22)29(26,27)19-10-12-18(11-13(19)21)28-17-9-5-3-7-15(17)23-20(12)25/h2-11H,1H3,(H,23,25). The molecule has 0 bridgehead atoms. The van der Waals surface area contributed by atoms with Gasteiger partial charge in [-0.1, -0.05) is 35.9 Å². The number of anilines is 2. The van der Waals surface area contributed by atoms with E-state index < -0.39 is 21.7 Å². The summed E-state index contributed by atoms with van der Waals surface area (Å²) >= 11 is 6.23. The molecule has 0 aromatic heterocycles. The second-order valence-corrected chi connectivity index (χ2v) is 8.60. The van der Waals surface area contributed by atoms with Crippen molar-refractivity contribution in [2.75, 3.05) is 16.7 Å². The lowest BCUT2D eigenvalue weighted by molar-refractivity contribution is 0.102. The van der Waals surface area contributed by atoms with Crippen LogP contribution in [0.5, 0.6) is 11.5 Å². The number of hydrogen-bond acceptors (Lipinski definition) is 4. The van der Waals surface area contributed by atoms with Gasteiger partial charge in [-0.2, -0.15) is 0 Å². The summed E-state index contributed by atoms with van der Waals surface area (Å²) in [6, 6.07) is 14.6. The summed E-state index contributed by atoms with van der Waals surface area (Å²) in [7, 11) is -3.05. The van der Waals surface area contributed by atoms with Gasteiger partial charge in [-0.3, -0.25) is 9.10 Å². The van der Waals surface area contributed by atoms with Gasteiger partial charge in [-0.25, -0.2) is 12.8 Å². The van der Waals surface area contributed by atoms with Crippen LogP contribution in [0.4, 0.5) is 15.8 Å². The lowest BCUT2D eigenvalue weighted by Gasteiger charge is -2.21. The van der Waals surface area contributed by atoms with Gasteiger partial charge >= 0.3 is 0 Å². The van der Waals surface area contributed by atoms with E-state index in [0.29, 0.717) is 11.4 Å². The quantitative estimate of drug-likeness (QED) is 0.653. The number of benzene rings is 3. The van der Waals surface area contributed by atoms with Crippen LogP contribution < -0.4 is 14.4 Å². The van der Waals surface area contributed by atoms with Crippen LogP contribution in [-0.4, -0.2) is 21.4 Å². The Kier molecular flexibility index (Phi) is 4.68. The molecular weight excluding hydrogens is 419 g/mol. The molecule has 0 atom stereocenters. The molecule has 1 amide bonds. The number of hydrogen-bond donors (Lipinski definition) is 1. The van der Waals surface area contributed by atoms with E-state index in [0.717, 1.165) is 16.4 Å². The molecule has 1 heterocycles. The molecule has 1 aliphatic heterocycles. The molecule has 0 spiro atoms. The summed E-state index contributed by atoms with van der Waals surface area (Å²) in [5.74, 6) is -0.743. The first-order valence-electron chi connectivity index (χ1n) is 8.44. The summed E-state index contributed by atoms with van der Waals surface area (Å²) in [5, 5.41) is 2.52. The minimum Gasteiger partial charge on any atom is -0.454 e. The first kappa shape index (κ1) is 19.2. The largest absolute Gasteiger partial charge is 0.454 e. The molecule has 1 aliphatic rings. The fourth-order valence-electron chi connectivity index (χ4n) is 2.95. The van der Waals surface area contributed by atoms with Gasteiger partial charge in [0, 0.05) is 13.1 Å². The molecule has 4 rings (SSSR count). The third kappa shape index (κ3) is 3.30. The Morgan fingerprint density at radius 1 is 1.03 bits per heavy atom. The summed E-state index contributed by atoms with van der Waals surface area (Å²) in [6.07, 6.45) is 0. The van der Waals surface area contributed by atoms with Gasteiger partial charge in [-0.05, 0) is 30.3 Å². The maximum atomic E-state index is 14.1. The molecule has 0 unspecified atom stereocenters. The summed E-state index contributed by atoms with van der Waals surface area (Å²) in [4.78, 5) is 12.3. The zero-order valence-corrected chi connectivity index (χ0v) is 16.6. The summed E-state index contributed by atoms with van der Waals surface area (Å²) in [6.45, 7) is 0. The van der Waals surface area contributed by atoms with Crippen LogP contribution in [0.3, 0.4) is 0 Å². The molecule has 29 heavy (non-hydrogen) atoms. The van der Waals surface area contributed by atoms with Crippen LogP contribution in [0.15, 0.2) is 65.6 Å². The Labute approximate surface area is 171 Å². The fraction of sp³-hybridized carbons (Fsp3) is 0.0500. The molecule has 1 N–H and O–H groups in total. The maximum Gasteiger partial charge on any atom is 0.265 e. The van der Waals surface area contributed by atoms with Crippen LogP contribution in [0.1, 0.15) is 10.4 Å². The molecule has 0 fully saturated rings. The molecule has 148 valence electrons. The zero-order valence-electron chi connectivity index (χ0n) is 15.0. The Hall–Kier alpha value is -3.10. The Morgan fingerprint density at radius 3 is 2.48 bits per heavy atom. The minimum atomic E-state index is -4.26. The lowest BCUT2D eigenvalue weighted by Crippen LogP contribution is -2.28. The van der Waals surface area contributed by atoms with E-state index in [1.165, 1.54) is 31.3 Å². The molecule has 0 saturated heterocycles. The Bertz CT molecular complexity index is 1250. The van der Waals surface area contributed by atoms with Crippen molar-refractivity contribution >= 4 is 38.9 Å². The average Bonchev–Trinajstić information content (AvgIpc) is 2.82. The lowest BCUT2D eigenvalue weighted by atomic mass is 10.2. The molecule has 6 nitrogen and oxygen atoms in total. The second kappa shape index (κ2) is 7.06. The molecule has 0 aliphatic carbocycles. The van der Waals surface area contributed by atoms with E-state index in [4.69, 9.17) is 16.3 Å². The third-order valence-corrected chi connectivity index (χ3v) is 6.70. The monoisotopic (exact) mass is 432 g/mol. The Morgan fingerprint density at radius 2 is 1.72 bits per heavy atom. The smallest absolute Gasteiger partial charge is 0.265 e. The number of nitrogens with zero attached hydrogens (tertiary/aromatic N) is 1. The van der Waals surface area contributed by atoms with Crippen LogP contribution in [0, 0.1) is 5.82 Å². The van der Waals surface area contributed by atoms with Gasteiger partial charge in [0.15, 0.2) is 5.75 Å². The highest BCUT2D eigenvalue weighted by Crippen LogP contribution is 2.39. The molecule has 0 radical (unpaired) electrons. The second-order valence-electron chi connectivity index (χ2n) is 6.26. The van der Waals surface area contributed by atoms with E-state index in [2.05, 4.69) is 5.32 Å². The number of carbonyl (C=O) groups excluding carboxylic acids is 1. The number of rotatable bonds is 3. The molecule has 3 aromatic rings. The van der Waals surface area contributed by atoms with Crippen molar-refractivity contribution in [2.45, 2.75) is 4.90 Å². The maximum absolute atomic E-state index is 14.1. The molecular formula is C20H14ClFN2O4S. The highest BCUT2D eigenvalue weighted by Gasteiger charge is 2.30. The predicted molar refractivity (Wildman–Crippen MR) is 108 cm³/mol. The van der Waals surface area contributed by atoms with Gasteiger partial charge in [-0.15, -0.1) is 0 Å². The van der Waals surface area contributed by atoms with Gasteiger partial charge in [0.05, 0.1) is 22.0 Å². The van der Waals surface area contributed by atoms with E-state index >= 15 is 0 Å². The number of halogens is 2. The fourth-order valence-corrected chi connectivity index (χ4v) is 4.67. The van der Waals surface area contributed by atoms with Crippen molar-refractivity contribution in [1.29, 1.82) is 0 Å². The first-order valence-corrected chi connectivity index (χ1v) is 10.3. The molecule has 9 heteroatoms. The van der Waals surface area contributed by atoms with Crippen LogP contribution in [0.2, 0.25) is 5.02 Å². The number of nitrogens with one attached hydrogen (secondary N) is 1. The topological polar surface area (TPSA) is 75.7 Å².